The second-order valence-electron chi connectivity index (χ2n) is 4.33. The summed E-state index contributed by atoms with van der Waals surface area (Å²) in [6, 6.07) is 11.6. The van der Waals surface area contributed by atoms with E-state index in [1.165, 1.54) is 11.6 Å². The lowest BCUT2D eigenvalue weighted by atomic mass is 10.1. The number of halogens is 2. The largest absolute Gasteiger partial charge is 0.204 e. The van der Waals surface area contributed by atoms with Gasteiger partial charge in [0.2, 0.25) is 0 Å². The molecule has 0 aromatic heterocycles. The molecule has 0 bridgehead atoms. The molecule has 0 radical (unpaired) electrons. The van der Waals surface area contributed by atoms with Gasteiger partial charge in [-0.05, 0) is 42.3 Å². The minimum absolute atomic E-state index is 0.469. The van der Waals surface area contributed by atoms with Crippen LogP contribution in [0.1, 0.15) is 30.0 Å². The molecule has 2 aromatic carbocycles. The van der Waals surface area contributed by atoms with E-state index in [-0.39, 0.29) is 0 Å². The van der Waals surface area contributed by atoms with Crippen LogP contribution in [0.25, 0.3) is 0 Å². The Hall–Kier alpha value is -2.14. The highest BCUT2D eigenvalue weighted by Crippen LogP contribution is 2.09. The second kappa shape index (κ2) is 6.15. The molecule has 2 rings (SSSR count). The van der Waals surface area contributed by atoms with Crippen LogP contribution in [-0.2, 0) is 6.42 Å². The summed E-state index contributed by atoms with van der Waals surface area (Å²) in [6.45, 7) is 2.14. The molecular weight excluding hydrogens is 242 g/mol. The van der Waals surface area contributed by atoms with E-state index in [2.05, 4.69) is 18.8 Å². The van der Waals surface area contributed by atoms with E-state index in [0.29, 0.717) is 5.56 Å². The maximum atomic E-state index is 13.0. The molecule has 0 saturated heterocycles. The standard InChI is InChI=1S/C17H14F2/c1-2-3-13-4-6-14(7-5-13)8-9-15-10-11-16(18)17(19)12-15/h4-7,10-12H,2-3H2,1H3. The van der Waals surface area contributed by atoms with Gasteiger partial charge in [0.25, 0.3) is 0 Å². The molecule has 0 amide bonds. The first-order chi connectivity index (χ1) is 9.19. The van der Waals surface area contributed by atoms with Crippen LogP contribution in [0.4, 0.5) is 8.78 Å². The van der Waals surface area contributed by atoms with E-state index in [9.17, 15) is 8.78 Å². The SMILES string of the molecule is CCCc1ccc(C#Cc2ccc(F)c(F)c2)cc1. The van der Waals surface area contributed by atoms with E-state index in [1.807, 2.05) is 24.3 Å². The maximum absolute atomic E-state index is 13.0. The zero-order valence-electron chi connectivity index (χ0n) is 10.7. The maximum Gasteiger partial charge on any atom is 0.160 e. The smallest absolute Gasteiger partial charge is 0.160 e. The molecule has 0 heterocycles. The Bertz CT molecular complexity index is 616. The van der Waals surface area contributed by atoms with Crippen LogP contribution in [0.3, 0.4) is 0 Å². The molecule has 0 aliphatic heterocycles. The number of aryl methyl sites for hydroxylation is 1. The second-order valence-corrected chi connectivity index (χ2v) is 4.33. The zero-order valence-corrected chi connectivity index (χ0v) is 10.7. The first-order valence-corrected chi connectivity index (χ1v) is 6.25. The molecule has 2 heteroatoms. The normalized spacial score (nSPS) is 9.84. The van der Waals surface area contributed by atoms with Crippen LogP contribution < -0.4 is 0 Å². The van der Waals surface area contributed by atoms with Gasteiger partial charge in [-0.2, -0.15) is 0 Å². The Labute approximate surface area is 112 Å². The summed E-state index contributed by atoms with van der Waals surface area (Å²) < 4.78 is 25.8. The lowest BCUT2D eigenvalue weighted by molar-refractivity contribution is 0.508. The molecule has 0 saturated carbocycles. The lowest BCUT2D eigenvalue weighted by Gasteiger charge is -1.97. The lowest BCUT2D eigenvalue weighted by Crippen LogP contribution is -1.85. The van der Waals surface area contributed by atoms with Crippen LogP contribution in [0, 0.1) is 23.5 Å². The first kappa shape index (κ1) is 13.3. The van der Waals surface area contributed by atoms with Crippen molar-refractivity contribution in [3.63, 3.8) is 0 Å². The van der Waals surface area contributed by atoms with Crippen LogP contribution in [0.5, 0.6) is 0 Å². The third-order valence-electron chi connectivity index (χ3n) is 2.76. The van der Waals surface area contributed by atoms with Crippen molar-refractivity contribution in [1.82, 2.24) is 0 Å². The van der Waals surface area contributed by atoms with Gasteiger partial charge in [-0.3, -0.25) is 0 Å². The highest BCUT2D eigenvalue weighted by atomic mass is 19.2. The van der Waals surface area contributed by atoms with Crippen LogP contribution >= 0.6 is 0 Å². The number of hydrogen-bond donors (Lipinski definition) is 0. The molecule has 0 nitrogen and oxygen atoms in total. The monoisotopic (exact) mass is 256 g/mol. The van der Waals surface area contributed by atoms with E-state index in [0.717, 1.165) is 30.5 Å². The van der Waals surface area contributed by atoms with Crippen LogP contribution in [-0.4, -0.2) is 0 Å². The predicted molar refractivity (Wildman–Crippen MR) is 72.8 cm³/mol. The first-order valence-electron chi connectivity index (χ1n) is 6.25. The molecule has 0 N–H and O–H groups in total. The predicted octanol–water partition coefficient (Wildman–Crippen LogP) is 4.32. The summed E-state index contributed by atoms with van der Waals surface area (Å²) in [4.78, 5) is 0. The fourth-order valence-electron chi connectivity index (χ4n) is 1.76. The molecule has 2 aromatic rings. The minimum atomic E-state index is -0.870. The van der Waals surface area contributed by atoms with Crippen molar-refractivity contribution < 1.29 is 8.78 Å². The summed E-state index contributed by atoms with van der Waals surface area (Å²) in [6.07, 6.45) is 2.16. The van der Waals surface area contributed by atoms with Crippen molar-refractivity contribution in [2.75, 3.05) is 0 Å². The van der Waals surface area contributed by atoms with Crippen molar-refractivity contribution in [3.05, 3.63) is 70.8 Å². The molecule has 0 aliphatic carbocycles. The van der Waals surface area contributed by atoms with Crippen LogP contribution in [0.15, 0.2) is 42.5 Å². The minimum Gasteiger partial charge on any atom is -0.204 e. The zero-order chi connectivity index (χ0) is 13.7. The van der Waals surface area contributed by atoms with Crippen LogP contribution in [0.2, 0.25) is 0 Å². The van der Waals surface area contributed by atoms with E-state index < -0.39 is 11.6 Å². The Morgan fingerprint density at radius 2 is 1.47 bits per heavy atom. The van der Waals surface area contributed by atoms with Gasteiger partial charge in [0.15, 0.2) is 11.6 Å². The number of benzene rings is 2. The topological polar surface area (TPSA) is 0 Å². The van der Waals surface area contributed by atoms with Gasteiger partial charge in [0.1, 0.15) is 0 Å². The van der Waals surface area contributed by atoms with Gasteiger partial charge in [-0.15, -0.1) is 0 Å². The van der Waals surface area contributed by atoms with Crippen molar-refractivity contribution in [2.45, 2.75) is 19.8 Å². The van der Waals surface area contributed by atoms with Crippen molar-refractivity contribution in [2.24, 2.45) is 0 Å². The third-order valence-corrected chi connectivity index (χ3v) is 2.76. The molecule has 0 unspecified atom stereocenters. The third kappa shape index (κ3) is 3.66. The van der Waals surface area contributed by atoms with Gasteiger partial charge in [-0.1, -0.05) is 37.3 Å². The van der Waals surface area contributed by atoms with Gasteiger partial charge in [0.05, 0.1) is 0 Å². The van der Waals surface area contributed by atoms with Gasteiger partial charge in [-0.25, -0.2) is 8.78 Å². The van der Waals surface area contributed by atoms with Gasteiger partial charge < -0.3 is 0 Å². The Balaban J connectivity index is 2.16. The van der Waals surface area contributed by atoms with Crippen molar-refractivity contribution in [3.8, 4) is 11.8 Å². The average Bonchev–Trinajstić information content (AvgIpc) is 2.42. The highest BCUT2D eigenvalue weighted by molar-refractivity contribution is 5.43. The van der Waals surface area contributed by atoms with Gasteiger partial charge in [0, 0.05) is 11.1 Å². The van der Waals surface area contributed by atoms with Crippen molar-refractivity contribution >= 4 is 0 Å². The fourth-order valence-corrected chi connectivity index (χ4v) is 1.76. The summed E-state index contributed by atoms with van der Waals surface area (Å²) in [5, 5.41) is 0. The average molecular weight is 256 g/mol. The number of rotatable bonds is 2. The quantitative estimate of drug-likeness (QED) is 0.702. The summed E-state index contributed by atoms with van der Waals surface area (Å²) in [5.74, 6) is 4.04. The van der Waals surface area contributed by atoms with E-state index in [4.69, 9.17) is 0 Å². The fraction of sp³-hybridized carbons (Fsp3) is 0.176. The van der Waals surface area contributed by atoms with Gasteiger partial charge >= 0.3 is 0 Å². The summed E-state index contributed by atoms with van der Waals surface area (Å²) in [5.41, 5.74) is 2.61. The molecule has 0 atom stereocenters. The number of hydrogen-bond acceptors (Lipinski definition) is 0. The molecule has 0 spiro atoms. The molecule has 0 fully saturated rings. The molecule has 19 heavy (non-hydrogen) atoms. The van der Waals surface area contributed by atoms with Crippen molar-refractivity contribution in [1.29, 1.82) is 0 Å². The molecular formula is C17H14F2. The van der Waals surface area contributed by atoms with E-state index >= 15 is 0 Å². The summed E-state index contributed by atoms with van der Waals surface area (Å²) >= 11 is 0. The Kier molecular flexibility index (Phi) is 4.30. The van der Waals surface area contributed by atoms with E-state index in [1.54, 1.807) is 0 Å². The molecule has 96 valence electrons. The Morgan fingerprint density at radius 3 is 2.11 bits per heavy atom. The highest BCUT2D eigenvalue weighted by Gasteiger charge is 2.00. The summed E-state index contributed by atoms with van der Waals surface area (Å²) in [7, 11) is 0. The molecule has 0 aliphatic rings. The Morgan fingerprint density at radius 1 is 0.842 bits per heavy atom.